The molecule has 170 valence electrons. The normalized spacial score (nSPS) is 14.3. The number of anilines is 1. The minimum absolute atomic E-state index is 0.117. The van der Waals surface area contributed by atoms with Crippen molar-refractivity contribution in [3.05, 3.63) is 29.8 Å². The fourth-order valence-corrected chi connectivity index (χ4v) is 2.87. The number of carboxylic acid groups (broad SMARTS) is 1. The van der Waals surface area contributed by atoms with E-state index in [0.717, 1.165) is 25.2 Å². The Morgan fingerprint density at radius 2 is 1.77 bits per heavy atom. The summed E-state index contributed by atoms with van der Waals surface area (Å²) in [7, 11) is 2.07. The average molecular weight is 423 g/mol. The Bertz CT molecular complexity index is 602. The molecule has 1 aromatic rings. The molecule has 0 radical (unpaired) electrons. The van der Waals surface area contributed by atoms with E-state index >= 15 is 0 Å². The Kier molecular flexibility index (Phi) is 16.2. The molecule has 0 unspecified atom stereocenters. The molecule has 1 aromatic carbocycles. The summed E-state index contributed by atoms with van der Waals surface area (Å²) in [5, 5.41) is 14.2. The van der Waals surface area contributed by atoms with Crippen LogP contribution in [-0.4, -0.2) is 48.9 Å². The van der Waals surface area contributed by atoms with Crippen LogP contribution < -0.4 is 22.1 Å². The van der Waals surface area contributed by atoms with Gasteiger partial charge in [0.05, 0.1) is 0 Å². The lowest BCUT2D eigenvalue weighted by Crippen LogP contribution is -2.29. The maximum Gasteiger partial charge on any atom is 0.320 e. The zero-order valence-corrected chi connectivity index (χ0v) is 18.2. The minimum atomic E-state index is -0.933. The number of unbranched alkanes of at least 4 members (excludes halogenated alkanes) is 1. The van der Waals surface area contributed by atoms with E-state index in [1.165, 1.54) is 39.0 Å². The summed E-state index contributed by atoms with van der Waals surface area (Å²) in [4.78, 5) is 31.0. The van der Waals surface area contributed by atoms with Gasteiger partial charge in [0.25, 0.3) is 0 Å². The van der Waals surface area contributed by atoms with E-state index in [-0.39, 0.29) is 5.91 Å². The Balaban J connectivity index is 0.000000429. The first-order chi connectivity index (χ1) is 14.3. The summed E-state index contributed by atoms with van der Waals surface area (Å²) in [5.74, 6) is -1.05. The predicted octanol–water partition coefficient (Wildman–Crippen LogP) is 2.52. The van der Waals surface area contributed by atoms with Crippen LogP contribution in [0.4, 0.5) is 5.69 Å². The summed E-state index contributed by atoms with van der Waals surface area (Å²) in [6, 6.07) is 6.79. The number of carbonyl (C=O) groups excluding carboxylic acids is 2. The second-order valence-corrected chi connectivity index (χ2v) is 7.27. The molecule has 2 rings (SSSR count). The Labute approximate surface area is 179 Å². The molecular weight excluding hydrogens is 384 g/mol. The molecule has 0 spiro atoms. The molecule has 7 N–H and O–H groups in total. The third-order valence-electron chi connectivity index (χ3n) is 4.67. The van der Waals surface area contributed by atoms with Crippen LogP contribution in [0.2, 0.25) is 0 Å². The SMILES string of the molecule is CC(=O)Nc1ccc(C=O)cc1.CNC1CCCCC1.NCCCC[C@H](N)C(=O)O. The summed E-state index contributed by atoms with van der Waals surface area (Å²) in [6.45, 7) is 2.04. The monoisotopic (exact) mass is 422 g/mol. The first kappa shape index (κ1) is 27.7. The van der Waals surface area contributed by atoms with Gasteiger partial charge in [-0.25, -0.2) is 0 Å². The topological polar surface area (TPSA) is 148 Å². The third kappa shape index (κ3) is 14.7. The molecule has 1 aliphatic carbocycles. The van der Waals surface area contributed by atoms with Gasteiger partial charge in [0.2, 0.25) is 5.91 Å². The van der Waals surface area contributed by atoms with Crippen LogP contribution in [0.5, 0.6) is 0 Å². The van der Waals surface area contributed by atoms with Crippen LogP contribution >= 0.6 is 0 Å². The number of carbonyl (C=O) groups is 3. The number of hydrogen-bond donors (Lipinski definition) is 5. The van der Waals surface area contributed by atoms with Crippen LogP contribution in [-0.2, 0) is 9.59 Å². The summed E-state index contributed by atoms with van der Waals surface area (Å²) in [6.07, 6.45) is 10.1. The van der Waals surface area contributed by atoms with Crippen molar-refractivity contribution >= 4 is 23.9 Å². The molecule has 8 nitrogen and oxygen atoms in total. The van der Waals surface area contributed by atoms with E-state index in [1.807, 2.05) is 0 Å². The van der Waals surface area contributed by atoms with Gasteiger partial charge in [-0.1, -0.05) is 25.7 Å². The first-order valence-electron chi connectivity index (χ1n) is 10.5. The van der Waals surface area contributed by atoms with Crippen LogP contribution in [0.25, 0.3) is 0 Å². The number of hydrogen-bond acceptors (Lipinski definition) is 6. The fourth-order valence-electron chi connectivity index (χ4n) is 2.87. The number of nitrogens with one attached hydrogen (secondary N) is 2. The molecule has 0 aromatic heterocycles. The van der Waals surface area contributed by atoms with Crippen LogP contribution in [0.15, 0.2) is 24.3 Å². The highest BCUT2D eigenvalue weighted by Crippen LogP contribution is 2.16. The second-order valence-electron chi connectivity index (χ2n) is 7.27. The number of nitrogens with two attached hydrogens (primary N) is 2. The van der Waals surface area contributed by atoms with Crippen molar-refractivity contribution in [1.29, 1.82) is 0 Å². The smallest absolute Gasteiger partial charge is 0.320 e. The lowest BCUT2D eigenvalue weighted by atomic mass is 9.96. The van der Waals surface area contributed by atoms with Gasteiger partial charge >= 0.3 is 5.97 Å². The van der Waals surface area contributed by atoms with Gasteiger partial charge < -0.3 is 27.2 Å². The fraction of sp³-hybridized carbons (Fsp3) is 0.591. The molecule has 8 heteroatoms. The van der Waals surface area contributed by atoms with Crippen molar-refractivity contribution in [2.45, 2.75) is 70.4 Å². The Morgan fingerprint density at radius 1 is 1.17 bits per heavy atom. The van der Waals surface area contributed by atoms with Gasteiger partial charge in [-0.15, -0.1) is 0 Å². The molecule has 0 bridgehead atoms. The van der Waals surface area contributed by atoms with Gasteiger partial charge in [0, 0.05) is 24.2 Å². The van der Waals surface area contributed by atoms with E-state index in [9.17, 15) is 14.4 Å². The maximum atomic E-state index is 10.6. The Hall–Kier alpha value is -2.29. The van der Waals surface area contributed by atoms with Crippen molar-refractivity contribution in [2.75, 3.05) is 18.9 Å². The molecule has 1 atom stereocenters. The van der Waals surface area contributed by atoms with Crippen molar-refractivity contribution in [1.82, 2.24) is 5.32 Å². The van der Waals surface area contributed by atoms with Crippen molar-refractivity contribution in [2.24, 2.45) is 11.5 Å². The molecule has 0 aliphatic heterocycles. The van der Waals surface area contributed by atoms with E-state index in [2.05, 4.69) is 17.7 Å². The molecule has 0 saturated heterocycles. The molecule has 0 heterocycles. The number of rotatable bonds is 8. The van der Waals surface area contributed by atoms with Crippen molar-refractivity contribution < 1.29 is 19.5 Å². The zero-order valence-electron chi connectivity index (χ0n) is 18.2. The molecular formula is C22H38N4O4. The van der Waals surface area contributed by atoms with Gasteiger partial charge in [-0.05, 0) is 63.5 Å². The van der Waals surface area contributed by atoms with E-state index in [1.54, 1.807) is 24.3 Å². The summed E-state index contributed by atoms with van der Waals surface area (Å²) >= 11 is 0. The van der Waals surface area contributed by atoms with Gasteiger partial charge in [-0.3, -0.25) is 14.4 Å². The highest BCUT2D eigenvalue weighted by atomic mass is 16.4. The van der Waals surface area contributed by atoms with E-state index in [0.29, 0.717) is 24.2 Å². The number of aliphatic carboxylic acids is 1. The van der Waals surface area contributed by atoms with Gasteiger partial charge in [0.15, 0.2) is 0 Å². The quantitative estimate of drug-likeness (QED) is 0.319. The molecule has 30 heavy (non-hydrogen) atoms. The minimum Gasteiger partial charge on any atom is -0.480 e. The van der Waals surface area contributed by atoms with Crippen LogP contribution in [0.1, 0.15) is 68.6 Å². The molecule has 1 amide bonds. The molecule has 1 fully saturated rings. The van der Waals surface area contributed by atoms with Crippen LogP contribution in [0, 0.1) is 0 Å². The summed E-state index contributed by atoms with van der Waals surface area (Å²) in [5.41, 5.74) is 11.7. The average Bonchev–Trinajstić information content (AvgIpc) is 2.75. The molecule has 1 saturated carbocycles. The standard InChI is InChI=1S/C9H9NO2.C7H15N.C6H14N2O2/c1-7(12)10-9-4-2-8(6-11)3-5-9;1-8-7-5-3-2-4-6-7;7-4-2-1-3-5(8)6(9)10/h2-6H,1H3,(H,10,12);7-8H,2-6H2,1H3;5H,1-4,7-8H2,(H,9,10)/t;;5-/m..0/s1. The van der Waals surface area contributed by atoms with E-state index < -0.39 is 12.0 Å². The highest BCUT2D eigenvalue weighted by molar-refractivity contribution is 5.89. The number of benzene rings is 1. The number of carboxylic acids is 1. The number of aldehydes is 1. The van der Waals surface area contributed by atoms with Gasteiger partial charge in [-0.2, -0.15) is 0 Å². The first-order valence-corrected chi connectivity index (χ1v) is 10.5. The largest absolute Gasteiger partial charge is 0.480 e. The number of amides is 1. The zero-order chi connectivity index (χ0) is 22.8. The Morgan fingerprint density at radius 3 is 2.17 bits per heavy atom. The highest BCUT2D eigenvalue weighted by Gasteiger charge is 2.09. The molecule has 1 aliphatic rings. The maximum absolute atomic E-state index is 10.6. The second kappa shape index (κ2) is 17.6. The van der Waals surface area contributed by atoms with Crippen molar-refractivity contribution in [3.8, 4) is 0 Å². The predicted molar refractivity (Wildman–Crippen MR) is 121 cm³/mol. The third-order valence-corrected chi connectivity index (χ3v) is 4.67. The van der Waals surface area contributed by atoms with Gasteiger partial charge in [0.1, 0.15) is 12.3 Å². The van der Waals surface area contributed by atoms with Crippen LogP contribution in [0.3, 0.4) is 0 Å². The lowest BCUT2D eigenvalue weighted by molar-refractivity contribution is -0.138. The lowest BCUT2D eigenvalue weighted by Gasteiger charge is -2.20. The van der Waals surface area contributed by atoms with Crippen molar-refractivity contribution in [3.63, 3.8) is 0 Å². The summed E-state index contributed by atoms with van der Waals surface area (Å²) < 4.78 is 0. The van der Waals surface area contributed by atoms with E-state index in [4.69, 9.17) is 16.6 Å².